The Labute approximate surface area is 112 Å². The molecule has 0 saturated carbocycles. The van der Waals surface area contributed by atoms with Crippen molar-refractivity contribution in [2.75, 3.05) is 4.90 Å². The van der Waals surface area contributed by atoms with Gasteiger partial charge in [-0.15, -0.1) is 0 Å². The number of hydrogen-bond donors (Lipinski definition) is 1. The fourth-order valence-corrected chi connectivity index (χ4v) is 2.65. The molecule has 96 valence electrons. The minimum Gasteiger partial charge on any atom is -0.480 e. The van der Waals surface area contributed by atoms with Gasteiger partial charge in [0.15, 0.2) is 0 Å². The van der Waals surface area contributed by atoms with E-state index in [0.29, 0.717) is 13.0 Å². The van der Waals surface area contributed by atoms with Crippen LogP contribution in [0.4, 0.5) is 5.69 Å². The summed E-state index contributed by atoms with van der Waals surface area (Å²) in [6, 6.07) is 17.5. The number of carboxylic acid groups (broad SMARTS) is 1. The zero-order valence-electron chi connectivity index (χ0n) is 10.5. The SMILES string of the molecule is O=C(O)[C@@H]1Cc2ccccc2N1Cc1ccccc1. The maximum absolute atomic E-state index is 11.4. The molecule has 3 nitrogen and oxygen atoms in total. The predicted molar refractivity (Wildman–Crippen MR) is 74.2 cm³/mol. The van der Waals surface area contributed by atoms with Crippen molar-refractivity contribution < 1.29 is 9.90 Å². The van der Waals surface area contributed by atoms with Crippen LogP contribution in [0.25, 0.3) is 0 Å². The first-order valence-electron chi connectivity index (χ1n) is 6.37. The Kier molecular flexibility index (Phi) is 2.95. The van der Waals surface area contributed by atoms with E-state index in [0.717, 1.165) is 16.8 Å². The molecule has 0 bridgehead atoms. The molecule has 1 heterocycles. The quantitative estimate of drug-likeness (QED) is 0.914. The van der Waals surface area contributed by atoms with Crippen LogP contribution in [0.15, 0.2) is 54.6 Å². The van der Waals surface area contributed by atoms with Gasteiger partial charge in [-0.3, -0.25) is 0 Å². The molecule has 19 heavy (non-hydrogen) atoms. The topological polar surface area (TPSA) is 40.5 Å². The van der Waals surface area contributed by atoms with Crippen LogP contribution < -0.4 is 4.90 Å². The van der Waals surface area contributed by atoms with Crippen molar-refractivity contribution in [3.63, 3.8) is 0 Å². The third-order valence-electron chi connectivity index (χ3n) is 3.57. The highest BCUT2D eigenvalue weighted by atomic mass is 16.4. The third kappa shape index (κ3) is 2.19. The van der Waals surface area contributed by atoms with Gasteiger partial charge < -0.3 is 10.0 Å². The van der Waals surface area contributed by atoms with Crippen molar-refractivity contribution in [3.8, 4) is 0 Å². The largest absolute Gasteiger partial charge is 0.480 e. The van der Waals surface area contributed by atoms with E-state index >= 15 is 0 Å². The number of carboxylic acids is 1. The van der Waals surface area contributed by atoms with Gasteiger partial charge in [0.05, 0.1) is 0 Å². The number of fused-ring (bicyclic) bond motifs is 1. The minimum absolute atomic E-state index is 0.461. The zero-order chi connectivity index (χ0) is 13.2. The van der Waals surface area contributed by atoms with Crippen molar-refractivity contribution >= 4 is 11.7 Å². The summed E-state index contributed by atoms with van der Waals surface area (Å²) in [6.07, 6.45) is 0.582. The number of carbonyl (C=O) groups is 1. The van der Waals surface area contributed by atoms with Gasteiger partial charge in [0, 0.05) is 18.7 Å². The van der Waals surface area contributed by atoms with Crippen LogP contribution in [0.5, 0.6) is 0 Å². The predicted octanol–water partition coefficient (Wildman–Crippen LogP) is 2.70. The summed E-state index contributed by atoms with van der Waals surface area (Å²) in [5.74, 6) is -0.757. The van der Waals surface area contributed by atoms with E-state index in [1.807, 2.05) is 59.5 Å². The fraction of sp³-hybridized carbons (Fsp3) is 0.188. The molecule has 3 rings (SSSR count). The number of rotatable bonds is 3. The van der Waals surface area contributed by atoms with Gasteiger partial charge in [-0.05, 0) is 17.2 Å². The molecular formula is C16H15NO2. The standard InChI is InChI=1S/C16H15NO2/c18-16(19)15-10-13-8-4-5-9-14(13)17(15)11-12-6-2-1-3-7-12/h1-9,15H,10-11H2,(H,18,19)/t15-/m0/s1. The van der Waals surface area contributed by atoms with Gasteiger partial charge in [-0.1, -0.05) is 48.5 Å². The molecule has 1 N–H and O–H groups in total. The molecule has 0 unspecified atom stereocenters. The molecule has 0 aromatic heterocycles. The van der Waals surface area contributed by atoms with Gasteiger partial charge in [-0.25, -0.2) is 4.79 Å². The average Bonchev–Trinajstić information content (AvgIpc) is 2.79. The normalized spacial score (nSPS) is 17.3. The van der Waals surface area contributed by atoms with E-state index in [-0.39, 0.29) is 0 Å². The first kappa shape index (κ1) is 11.8. The van der Waals surface area contributed by atoms with Crippen LogP contribution in [0.3, 0.4) is 0 Å². The summed E-state index contributed by atoms with van der Waals surface area (Å²) in [7, 11) is 0. The number of anilines is 1. The lowest BCUT2D eigenvalue weighted by Crippen LogP contribution is -2.38. The van der Waals surface area contributed by atoms with E-state index in [1.54, 1.807) is 0 Å². The lowest BCUT2D eigenvalue weighted by Gasteiger charge is -2.24. The van der Waals surface area contributed by atoms with Crippen molar-refractivity contribution in [1.82, 2.24) is 0 Å². The van der Waals surface area contributed by atoms with Crippen molar-refractivity contribution in [1.29, 1.82) is 0 Å². The van der Waals surface area contributed by atoms with Crippen molar-refractivity contribution in [2.45, 2.75) is 19.0 Å². The Morgan fingerprint density at radius 2 is 1.79 bits per heavy atom. The summed E-state index contributed by atoms with van der Waals surface area (Å²) in [4.78, 5) is 13.4. The second-order valence-corrected chi connectivity index (χ2v) is 4.80. The molecule has 0 saturated heterocycles. The molecule has 0 radical (unpaired) electrons. The smallest absolute Gasteiger partial charge is 0.326 e. The second kappa shape index (κ2) is 4.76. The van der Waals surface area contributed by atoms with Crippen molar-refractivity contribution in [2.24, 2.45) is 0 Å². The van der Waals surface area contributed by atoms with E-state index in [9.17, 15) is 9.90 Å². The molecule has 2 aromatic rings. The van der Waals surface area contributed by atoms with Crippen LogP contribution in [0.2, 0.25) is 0 Å². The number of benzene rings is 2. The van der Waals surface area contributed by atoms with Crippen LogP contribution in [0.1, 0.15) is 11.1 Å². The second-order valence-electron chi connectivity index (χ2n) is 4.80. The van der Waals surface area contributed by atoms with Gasteiger partial charge >= 0.3 is 5.97 Å². The number of hydrogen-bond acceptors (Lipinski definition) is 2. The Hall–Kier alpha value is -2.29. The lowest BCUT2D eigenvalue weighted by atomic mass is 10.1. The number of nitrogens with zero attached hydrogens (tertiary/aromatic N) is 1. The van der Waals surface area contributed by atoms with Gasteiger partial charge in [0.1, 0.15) is 6.04 Å². The zero-order valence-corrected chi connectivity index (χ0v) is 10.5. The highest BCUT2D eigenvalue weighted by Crippen LogP contribution is 2.33. The summed E-state index contributed by atoms with van der Waals surface area (Å²) in [6.45, 7) is 0.634. The maximum atomic E-state index is 11.4. The Balaban J connectivity index is 1.94. The van der Waals surface area contributed by atoms with Crippen molar-refractivity contribution in [3.05, 3.63) is 65.7 Å². The first-order chi connectivity index (χ1) is 9.25. The molecule has 2 aromatic carbocycles. The van der Waals surface area contributed by atoms with Crippen LogP contribution in [-0.4, -0.2) is 17.1 Å². The van der Waals surface area contributed by atoms with Crippen LogP contribution in [0, 0.1) is 0 Å². The summed E-state index contributed by atoms with van der Waals surface area (Å²) in [5, 5.41) is 9.39. The molecule has 3 heteroatoms. The van der Waals surface area contributed by atoms with Gasteiger partial charge in [0.25, 0.3) is 0 Å². The van der Waals surface area contributed by atoms with Crippen LogP contribution in [-0.2, 0) is 17.8 Å². The van der Waals surface area contributed by atoms with Crippen LogP contribution >= 0.6 is 0 Å². The molecule has 0 amide bonds. The Morgan fingerprint density at radius 1 is 1.11 bits per heavy atom. The third-order valence-corrected chi connectivity index (χ3v) is 3.57. The van der Waals surface area contributed by atoms with E-state index in [4.69, 9.17) is 0 Å². The molecule has 1 aliphatic heterocycles. The average molecular weight is 253 g/mol. The van der Waals surface area contributed by atoms with E-state index < -0.39 is 12.0 Å². The lowest BCUT2D eigenvalue weighted by molar-refractivity contribution is -0.138. The maximum Gasteiger partial charge on any atom is 0.326 e. The molecule has 1 aliphatic rings. The van der Waals surface area contributed by atoms with E-state index in [2.05, 4.69) is 0 Å². The fourth-order valence-electron chi connectivity index (χ4n) is 2.65. The molecule has 0 spiro atoms. The minimum atomic E-state index is -0.757. The highest BCUT2D eigenvalue weighted by Gasteiger charge is 2.33. The molecule has 0 aliphatic carbocycles. The molecule has 0 fully saturated rings. The Bertz CT molecular complexity index is 595. The summed E-state index contributed by atoms with van der Waals surface area (Å²) >= 11 is 0. The monoisotopic (exact) mass is 253 g/mol. The van der Waals surface area contributed by atoms with Gasteiger partial charge in [0.2, 0.25) is 0 Å². The van der Waals surface area contributed by atoms with E-state index in [1.165, 1.54) is 0 Å². The molecular weight excluding hydrogens is 238 g/mol. The molecule has 1 atom stereocenters. The highest BCUT2D eigenvalue weighted by molar-refractivity contribution is 5.82. The summed E-state index contributed by atoms with van der Waals surface area (Å²) < 4.78 is 0. The summed E-state index contributed by atoms with van der Waals surface area (Å²) in [5.41, 5.74) is 3.29. The van der Waals surface area contributed by atoms with Gasteiger partial charge in [-0.2, -0.15) is 0 Å². The number of para-hydroxylation sites is 1. The first-order valence-corrected chi connectivity index (χ1v) is 6.37. The number of aliphatic carboxylic acids is 1. The Morgan fingerprint density at radius 3 is 2.53 bits per heavy atom.